The van der Waals surface area contributed by atoms with Crippen LogP contribution in [0.5, 0.6) is 0 Å². The van der Waals surface area contributed by atoms with Gasteiger partial charge in [0.2, 0.25) is 0 Å². The number of thiazole rings is 1. The fourth-order valence-electron chi connectivity index (χ4n) is 2.94. The first-order chi connectivity index (χ1) is 12.6. The van der Waals surface area contributed by atoms with Crippen LogP contribution in [0, 0.1) is 12.8 Å². The van der Waals surface area contributed by atoms with E-state index >= 15 is 0 Å². The highest BCUT2D eigenvalue weighted by atomic mass is 32.1. The second-order valence-corrected chi connectivity index (χ2v) is 7.41. The van der Waals surface area contributed by atoms with Crippen LogP contribution in [0.1, 0.15) is 36.0 Å². The zero-order chi connectivity index (χ0) is 18.5. The molecule has 0 amide bonds. The zero-order valence-electron chi connectivity index (χ0n) is 15.1. The molecule has 0 spiro atoms. The molecule has 3 rings (SSSR count). The highest BCUT2D eigenvalue weighted by molar-refractivity contribution is 7.16. The van der Waals surface area contributed by atoms with Crippen molar-refractivity contribution in [3.63, 3.8) is 0 Å². The van der Waals surface area contributed by atoms with Gasteiger partial charge in [0, 0.05) is 25.3 Å². The normalized spacial score (nSPS) is 14.1. The van der Waals surface area contributed by atoms with Crippen LogP contribution in [0.4, 0.5) is 5.82 Å². The number of aromatic nitrogens is 3. The Kier molecular flexibility index (Phi) is 6.00. The molecule has 2 aromatic rings. The third kappa shape index (κ3) is 4.11. The first kappa shape index (κ1) is 18.5. The highest BCUT2D eigenvalue weighted by Crippen LogP contribution is 2.35. The molecular weight excluding hydrogens is 348 g/mol. The van der Waals surface area contributed by atoms with Crippen molar-refractivity contribution in [2.45, 2.75) is 33.1 Å². The van der Waals surface area contributed by atoms with Crippen molar-refractivity contribution in [3.05, 3.63) is 45.0 Å². The summed E-state index contributed by atoms with van der Waals surface area (Å²) in [6.45, 7) is 4.75. The van der Waals surface area contributed by atoms with Crippen LogP contribution in [-0.4, -0.2) is 33.2 Å². The summed E-state index contributed by atoms with van der Waals surface area (Å²) in [5, 5.41) is 13.5. The molecule has 1 aliphatic carbocycles. The summed E-state index contributed by atoms with van der Waals surface area (Å²) in [4.78, 5) is 24.7. The molecule has 1 atom stereocenters. The van der Waals surface area contributed by atoms with Gasteiger partial charge < -0.3 is 15.4 Å². The summed E-state index contributed by atoms with van der Waals surface area (Å²) in [7, 11) is 0. The molecule has 7 heteroatoms. The van der Waals surface area contributed by atoms with Crippen LogP contribution in [0.25, 0.3) is 16.6 Å². The predicted molar refractivity (Wildman–Crippen MR) is 107 cm³/mol. The molecule has 0 aromatic carbocycles. The summed E-state index contributed by atoms with van der Waals surface area (Å²) in [5.41, 5.74) is 2.27. The van der Waals surface area contributed by atoms with Gasteiger partial charge in [0.05, 0.1) is 16.1 Å². The number of hydrogen-bond donors (Lipinski definition) is 3. The Labute approximate surface area is 156 Å². The first-order valence-electron chi connectivity index (χ1n) is 8.91. The van der Waals surface area contributed by atoms with Gasteiger partial charge in [-0.15, -0.1) is 11.3 Å². The van der Waals surface area contributed by atoms with E-state index in [1.807, 2.05) is 19.1 Å². The molecule has 2 aromatic heterocycles. The summed E-state index contributed by atoms with van der Waals surface area (Å²) >= 11 is 1.60. The van der Waals surface area contributed by atoms with Gasteiger partial charge in [0.25, 0.3) is 0 Å². The number of nitrogens with one attached hydrogen (secondary N) is 2. The monoisotopic (exact) mass is 372 g/mol. The lowest BCUT2D eigenvalue weighted by atomic mass is 10.0. The van der Waals surface area contributed by atoms with Gasteiger partial charge in [-0.3, -0.25) is 0 Å². The Morgan fingerprint density at radius 1 is 1.38 bits per heavy atom. The fourth-order valence-corrected chi connectivity index (χ4v) is 4.05. The van der Waals surface area contributed by atoms with Crippen LogP contribution in [0.2, 0.25) is 0 Å². The largest absolute Gasteiger partial charge is 0.396 e. The summed E-state index contributed by atoms with van der Waals surface area (Å²) in [6, 6.07) is 0. The minimum Gasteiger partial charge on any atom is -0.396 e. The minimum atomic E-state index is -0.371. The standard InChI is InChI=1S/C19H24N4O2S/c1-3-13(11-24)9-10-20-17-16(12(2)21-19(25)23-17)18-22-14-7-5-4-6-8-15(14)26-18/h4-6,8,13,24H,3,7,9-11H2,1-2H3,(H2,20,21,23,25). The van der Waals surface area contributed by atoms with Crippen molar-refractivity contribution in [2.75, 3.05) is 18.5 Å². The molecular formula is C19H24N4O2S. The average Bonchev–Trinajstić information content (AvgIpc) is 2.88. The van der Waals surface area contributed by atoms with Crippen molar-refractivity contribution in [3.8, 4) is 10.6 Å². The molecule has 0 fully saturated rings. The van der Waals surface area contributed by atoms with Gasteiger partial charge in [-0.25, -0.2) is 9.78 Å². The van der Waals surface area contributed by atoms with E-state index in [2.05, 4.69) is 34.4 Å². The van der Waals surface area contributed by atoms with E-state index in [9.17, 15) is 9.90 Å². The number of aryl methyl sites for hydroxylation is 1. The minimum absolute atomic E-state index is 0.173. The third-order valence-corrected chi connectivity index (χ3v) is 5.63. The number of fused-ring (bicyclic) bond motifs is 1. The Bertz CT molecular complexity index is 878. The number of anilines is 1. The summed E-state index contributed by atoms with van der Waals surface area (Å²) < 4.78 is 0. The number of nitrogens with zero attached hydrogens (tertiary/aromatic N) is 2. The van der Waals surface area contributed by atoms with Crippen molar-refractivity contribution in [1.29, 1.82) is 0 Å². The third-order valence-electron chi connectivity index (χ3n) is 4.55. The molecule has 1 aliphatic rings. The van der Waals surface area contributed by atoms with Crippen molar-refractivity contribution in [2.24, 2.45) is 5.92 Å². The number of aliphatic hydroxyl groups excluding tert-OH is 1. The van der Waals surface area contributed by atoms with Crippen LogP contribution in [0.3, 0.4) is 0 Å². The number of hydrogen-bond acceptors (Lipinski definition) is 6. The van der Waals surface area contributed by atoms with E-state index in [0.717, 1.165) is 46.1 Å². The molecule has 2 heterocycles. The quantitative estimate of drug-likeness (QED) is 0.694. The molecule has 0 radical (unpaired) electrons. The first-order valence-corrected chi connectivity index (χ1v) is 9.73. The smallest absolute Gasteiger partial charge is 0.347 e. The summed E-state index contributed by atoms with van der Waals surface area (Å²) in [6.07, 6.45) is 10.7. The SMILES string of the molecule is CCC(CO)CCNc1nc(=O)[nH]c(C)c1-c1nc2c(s1)C=CC=CC2. The van der Waals surface area contributed by atoms with E-state index in [1.165, 1.54) is 0 Å². The topological polar surface area (TPSA) is 90.9 Å². The lowest BCUT2D eigenvalue weighted by Gasteiger charge is -2.14. The second kappa shape index (κ2) is 8.42. The maximum absolute atomic E-state index is 11.9. The van der Waals surface area contributed by atoms with Crippen molar-refractivity contribution in [1.82, 2.24) is 15.0 Å². The lowest BCUT2D eigenvalue weighted by molar-refractivity contribution is 0.217. The average molecular weight is 372 g/mol. The van der Waals surface area contributed by atoms with Crippen LogP contribution < -0.4 is 11.0 Å². The van der Waals surface area contributed by atoms with Gasteiger partial charge in [0.1, 0.15) is 10.8 Å². The van der Waals surface area contributed by atoms with Crippen LogP contribution in [-0.2, 0) is 6.42 Å². The summed E-state index contributed by atoms with van der Waals surface area (Å²) in [5.74, 6) is 0.810. The van der Waals surface area contributed by atoms with Gasteiger partial charge in [-0.1, -0.05) is 31.6 Å². The van der Waals surface area contributed by atoms with E-state index in [4.69, 9.17) is 4.98 Å². The number of aromatic amines is 1. The van der Waals surface area contributed by atoms with Crippen LogP contribution >= 0.6 is 11.3 Å². The van der Waals surface area contributed by atoms with E-state index in [0.29, 0.717) is 12.4 Å². The predicted octanol–water partition coefficient (Wildman–Crippen LogP) is 3.15. The maximum atomic E-state index is 11.9. The van der Waals surface area contributed by atoms with E-state index < -0.39 is 0 Å². The highest BCUT2D eigenvalue weighted by Gasteiger charge is 2.18. The molecule has 0 aliphatic heterocycles. The Hall–Kier alpha value is -2.25. The number of aliphatic hydroxyl groups is 1. The molecule has 3 N–H and O–H groups in total. The molecule has 0 bridgehead atoms. The van der Waals surface area contributed by atoms with Crippen molar-refractivity contribution >= 4 is 23.2 Å². The molecule has 0 saturated heterocycles. The Morgan fingerprint density at radius 3 is 3.00 bits per heavy atom. The number of rotatable bonds is 7. The molecule has 138 valence electrons. The zero-order valence-corrected chi connectivity index (χ0v) is 15.9. The molecule has 1 unspecified atom stereocenters. The second-order valence-electron chi connectivity index (χ2n) is 6.38. The van der Waals surface area contributed by atoms with Gasteiger partial charge in [-0.2, -0.15) is 4.98 Å². The molecule has 0 saturated carbocycles. The fraction of sp³-hybridized carbons (Fsp3) is 0.421. The van der Waals surface area contributed by atoms with E-state index in [1.54, 1.807) is 11.3 Å². The lowest BCUT2D eigenvalue weighted by Crippen LogP contribution is -2.19. The van der Waals surface area contributed by atoms with Gasteiger partial charge >= 0.3 is 5.69 Å². The van der Waals surface area contributed by atoms with Gasteiger partial charge in [-0.05, 0) is 25.3 Å². The number of H-pyrrole nitrogens is 1. The van der Waals surface area contributed by atoms with Gasteiger partial charge in [0.15, 0.2) is 0 Å². The Morgan fingerprint density at radius 2 is 2.23 bits per heavy atom. The van der Waals surface area contributed by atoms with Crippen LogP contribution in [0.15, 0.2) is 23.0 Å². The maximum Gasteiger partial charge on any atom is 0.347 e. The number of allylic oxidation sites excluding steroid dienone is 3. The Balaban J connectivity index is 1.90. The van der Waals surface area contributed by atoms with Crippen molar-refractivity contribution < 1.29 is 5.11 Å². The molecule has 6 nitrogen and oxygen atoms in total. The molecule has 26 heavy (non-hydrogen) atoms. The van der Waals surface area contributed by atoms with E-state index in [-0.39, 0.29) is 18.2 Å².